The summed E-state index contributed by atoms with van der Waals surface area (Å²) in [7, 11) is 0. The minimum Gasteiger partial charge on any atom is -0.357 e. The molecule has 0 aromatic carbocycles. The summed E-state index contributed by atoms with van der Waals surface area (Å²) in [6.07, 6.45) is 7.68. The maximum Gasteiger partial charge on any atom is 0.225 e. The fourth-order valence-electron chi connectivity index (χ4n) is 4.50. The molecule has 8 nitrogen and oxygen atoms in total. The summed E-state index contributed by atoms with van der Waals surface area (Å²) in [5.74, 6) is 3.44. The van der Waals surface area contributed by atoms with Crippen LogP contribution in [0.3, 0.4) is 0 Å². The number of fused-ring (bicyclic) bond motifs is 1. The molecule has 2 N–H and O–H groups in total. The van der Waals surface area contributed by atoms with E-state index in [1.807, 2.05) is 4.90 Å². The van der Waals surface area contributed by atoms with Gasteiger partial charge in [0, 0.05) is 44.6 Å². The zero-order chi connectivity index (χ0) is 18.6. The maximum atomic E-state index is 12.6. The number of hydrogen-bond acceptors (Lipinski definition) is 4. The van der Waals surface area contributed by atoms with Crippen LogP contribution < -0.4 is 10.6 Å². The van der Waals surface area contributed by atoms with Crippen molar-refractivity contribution in [1.82, 2.24) is 30.3 Å². The van der Waals surface area contributed by atoms with Gasteiger partial charge in [0.2, 0.25) is 5.91 Å². The molecule has 1 saturated heterocycles. The lowest BCUT2D eigenvalue weighted by molar-refractivity contribution is -0.134. The van der Waals surface area contributed by atoms with E-state index >= 15 is 0 Å². The molecule has 3 aliphatic rings. The second-order valence-corrected chi connectivity index (χ2v) is 7.88. The molecule has 3 heterocycles. The Kier molecular flexibility index (Phi) is 7.53. The fraction of sp³-hybridized carbons (Fsp3) is 0.789. The van der Waals surface area contributed by atoms with E-state index in [2.05, 4.69) is 32.3 Å². The van der Waals surface area contributed by atoms with Crippen LogP contribution in [-0.2, 0) is 24.3 Å². The number of carbonyl (C=O) groups excluding carboxylic acids is 1. The first kappa shape index (κ1) is 21.3. The number of nitrogens with one attached hydrogen (secondary N) is 2. The van der Waals surface area contributed by atoms with Gasteiger partial charge in [-0.25, -0.2) is 4.99 Å². The third-order valence-electron chi connectivity index (χ3n) is 5.95. The van der Waals surface area contributed by atoms with E-state index in [0.717, 1.165) is 75.9 Å². The zero-order valence-electron chi connectivity index (χ0n) is 16.7. The van der Waals surface area contributed by atoms with Gasteiger partial charge in [0.1, 0.15) is 12.4 Å². The van der Waals surface area contributed by atoms with E-state index in [0.29, 0.717) is 12.5 Å². The van der Waals surface area contributed by atoms with Crippen molar-refractivity contribution in [1.29, 1.82) is 0 Å². The van der Waals surface area contributed by atoms with Gasteiger partial charge in [-0.3, -0.25) is 4.79 Å². The highest BCUT2D eigenvalue weighted by Crippen LogP contribution is 2.27. The molecule has 156 valence electrons. The lowest BCUT2D eigenvalue weighted by Gasteiger charge is -2.21. The van der Waals surface area contributed by atoms with Crippen LogP contribution in [0.5, 0.6) is 0 Å². The summed E-state index contributed by atoms with van der Waals surface area (Å²) in [6.45, 7) is 6.03. The molecule has 0 bridgehead atoms. The van der Waals surface area contributed by atoms with Crippen molar-refractivity contribution in [2.45, 2.75) is 71.0 Å². The largest absolute Gasteiger partial charge is 0.357 e. The van der Waals surface area contributed by atoms with Gasteiger partial charge in [0.05, 0.1) is 0 Å². The van der Waals surface area contributed by atoms with Crippen LogP contribution in [0, 0.1) is 5.92 Å². The molecule has 0 radical (unpaired) electrons. The van der Waals surface area contributed by atoms with Crippen molar-refractivity contribution < 1.29 is 4.79 Å². The number of carbonyl (C=O) groups is 1. The summed E-state index contributed by atoms with van der Waals surface area (Å²) >= 11 is 0. The van der Waals surface area contributed by atoms with Crippen LogP contribution in [0.4, 0.5) is 0 Å². The van der Waals surface area contributed by atoms with Crippen LogP contribution in [0.15, 0.2) is 4.99 Å². The van der Waals surface area contributed by atoms with Gasteiger partial charge in [0.25, 0.3) is 0 Å². The van der Waals surface area contributed by atoms with Crippen molar-refractivity contribution >= 4 is 35.8 Å². The van der Waals surface area contributed by atoms with Crippen molar-refractivity contribution in [3.63, 3.8) is 0 Å². The van der Waals surface area contributed by atoms with Gasteiger partial charge in [-0.2, -0.15) is 0 Å². The first-order valence-electron chi connectivity index (χ1n) is 10.5. The highest BCUT2D eigenvalue weighted by Gasteiger charge is 2.32. The Labute approximate surface area is 184 Å². The molecule has 1 amide bonds. The first-order chi connectivity index (χ1) is 13.2. The standard InChI is InChI=1S/C19H31N7O.HI/c1-2-20-19(21-12-17-24-23-16-8-5-10-26(16)17)22-15-9-11-25(13-15)18(27)14-6-3-4-7-14;/h14-15H,2-13H2,1H3,(H2,20,21,22);1H. The predicted octanol–water partition coefficient (Wildman–Crippen LogP) is 1.69. The summed E-state index contributed by atoms with van der Waals surface area (Å²) in [5, 5.41) is 15.4. The minimum absolute atomic E-state index is 0. The number of nitrogens with zero attached hydrogens (tertiary/aromatic N) is 5. The Balaban J connectivity index is 0.00000225. The molecule has 0 spiro atoms. The SMILES string of the molecule is CCNC(=NCc1nnc2n1CCC2)NC1CCN(C(=O)C2CCCC2)C1.I. The number of aliphatic imine (C=N–C) groups is 1. The summed E-state index contributed by atoms with van der Waals surface area (Å²) in [5.41, 5.74) is 0. The Morgan fingerprint density at radius 2 is 2.00 bits per heavy atom. The molecule has 4 rings (SSSR count). The summed E-state index contributed by atoms with van der Waals surface area (Å²) in [4.78, 5) is 19.4. The average molecular weight is 501 g/mol. The van der Waals surface area contributed by atoms with Gasteiger partial charge in [-0.1, -0.05) is 12.8 Å². The number of hydrogen-bond donors (Lipinski definition) is 2. The Bertz CT molecular complexity index is 698. The number of likely N-dealkylation sites (tertiary alicyclic amines) is 1. The smallest absolute Gasteiger partial charge is 0.225 e. The molecule has 1 aliphatic carbocycles. The molecular weight excluding hydrogens is 469 g/mol. The highest BCUT2D eigenvalue weighted by molar-refractivity contribution is 14.0. The molecule has 1 atom stereocenters. The number of rotatable bonds is 5. The molecule has 9 heteroatoms. The quantitative estimate of drug-likeness (QED) is 0.365. The maximum absolute atomic E-state index is 12.6. The lowest BCUT2D eigenvalue weighted by atomic mass is 10.1. The number of aryl methyl sites for hydroxylation is 1. The molecule has 1 aromatic heterocycles. The highest BCUT2D eigenvalue weighted by atomic mass is 127. The van der Waals surface area contributed by atoms with E-state index in [4.69, 9.17) is 4.99 Å². The van der Waals surface area contributed by atoms with E-state index in [1.54, 1.807) is 0 Å². The number of aromatic nitrogens is 3. The first-order valence-corrected chi connectivity index (χ1v) is 10.5. The van der Waals surface area contributed by atoms with Gasteiger partial charge < -0.3 is 20.1 Å². The Morgan fingerprint density at radius 1 is 1.18 bits per heavy atom. The monoisotopic (exact) mass is 501 g/mol. The lowest BCUT2D eigenvalue weighted by Crippen LogP contribution is -2.45. The van der Waals surface area contributed by atoms with Crippen LogP contribution in [-0.4, -0.2) is 57.2 Å². The second kappa shape index (κ2) is 9.89. The molecular formula is C19H32IN7O. The molecule has 2 aliphatic heterocycles. The van der Waals surface area contributed by atoms with Gasteiger partial charge in [-0.15, -0.1) is 34.2 Å². The van der Waals surface area contributed by atoms with Gasteiger partial charge >= 0.3 is 0 Å². The molecule has 1 aromatic rings. The number of halogens is 1. The second-order valence-electron chi connectivity index (χ2n) is 7.88. The predicted molar refractivity (Wildman–Crippen MR) is 119 cm³/mol. The summed E-state index contributed by atoms with van der Waals surface area (Å²) < 4.78 is 2.19. The third kappa shape index (κ3) is 4.77. The van der Waals surface area contributed by atoms with Crippen molar-refractivity contribution in [3.05, 3.63) is 11.6 Å². The van der Waals surface area contributed by atoms with E-state index in [9.17, 15) is 4.79 Å². The zero-order valence-corrected chi connectivity index (χ0v) is 19.0. The van der Waals surface area contributed by atoms with Crippen molar-refractivity contribution in [3.8, 4) is 0 Å². The van der Waals surface area contributed by atoms with Crippen LogP contribution >= 0.6 is 24.0 Å². The van der Waals surface area contributed by atoms with Crippen LogP contribution in [0.2, 0.25) is 0 Å². The minimum atomic E-state index is 0. The molecule has 1 unspecified atom stereocenters. The van der Waals surface area contributed by atoms with E-state index in [1.165, 1.54) is 12.8 Å². The van der Waals surface area contributed by atoms with E-state index < -0.39 is 0 Å². The fourth-order valence-corrected chi connectivity index (χ4v) is 4.50. The van der Waals surface area contributed by atoms with E-state index in [-0.39, 0.29) is 35.9 Å². The normalized spacial score (nSPS) is 22.2. The Morgan fingerprint density at radius 3 is 2.79 bits per heavy atom. The molecule has 28 heavy (non-hydrogen) atoms. The Hall–Kier alpha value is -1.39. The van der Waals surface area contributed by atoms with Crippen molar-refractivity contribution in [2.24, 2.45) is 10.9 Å². The van der Waals surface area contributed by atoms with Gasteiger partial charge in [0.15, 0.2) is 11.8 Å². The molecule has 1 saturated carbocycles. The van der Waals surface area contributed by atoms with Crippen molar-refractivity contribution in [2.75, 3.05) is 19.6 Å². The van der Waals surface area contributed by atoms with Crippen LogP contribution in [0.25, 0.3) is 0 Å². The topological polar surface area (TPSA) is 87.4 Å². The average Bonchev–Trinajstić information content (AvgIpc) is 3.44. The third-order valence-corrected chi connectivity index (χ3v) is 5.95. The van der Waals surface area contributed by atoms with Crippen LogP contribution in [0.1, 0.15) is 57.1 Å². The van der Waals surface area contributed by atoms with Gasteiger partial charge in [-0.05, 0) is 32.6 Å². The number of guanidine groups is 1. The number of amides is 1. The summed E-state index contributed by atoms with van der Waals surface area (Å²) in [6, 6.07) is 0.261. The molecule has 2 fully saturated rings.